The van der Waals surface area contributed by atoms with Crippen molar-refractivity contribution in [3.8, 4) is 0 Å². The molecule has 0 aromatic heterocycles. The minimum Gasteiger partial charge on any atom is -0.384 e. The zero-order valence-corrected chi connectivity index (χ0v) is 26.4. The number of benzene rings is 3. The van der Waals surface area contributed by atoms with Crippen LogP contribution in [-0.2, 0) is 0 Å². The van der Waals surface area contributed by atoms with E-state index in [9.17, 15) is 9.18 Å². The Hall–Kier alpha value is -3.92. The maximum Gasteiger partial charge on any atom is 0.248 e. The number of amides is 1. The molecule has 0 spiro atoms. The Labute approximate surface area is 257 Å². The largest absolute Gasteiger partial charge is 0.384 e. The van der Waals surface area contributed by atoms with Crippen molar-refractivity contribution in [1.82, 2.24) is 0 Å². The third-order valence-corrected chi connectivity index (χ3v) is 8.84. The number of nitrogens with two attached hydrogens (primary N) is 1. The van der Waals surface area contributed by atoms with Crippen LogP contribution in [0.4, 0.5) is 10.1 Å². The van der Waals surface area contributed by atoms with Gasteiger partial charge in [0.05, 0.1) is 0 Å². The summed E-state index contributed by atoms with van der Waals surface area (Å²) in [5, 5.41) is 3.81. The van der Waals surface area contributed by atoms with Crippen LogP contribution < -0.4 is 11.1 Å². The molecule has 0 heterocycles. The third kappa shape index (κ3) is 7.73. The Morgan fingerprint density at radius 2 is 1.70 bits per heavy atom. The molecule has 0 radical (unpaired) electrons. The average molecular weight is 579 g/mol. The number of rotatable bonds is 12. The highest BCUT2D eigenvalue weighted by Crippen LogP contribution is 2.43. The second kappa shape index (κ2) is 15.0. The summed E-state index contributed by atoms with van der Waals surface area (Å²) in [5.41, 5.74) is 16.7. The van der Waals surface area contributed by atoms with E-state index in [1.165, 1.54) is 47.6 Å². The molecular formula is C39H47FN2O. The van der Waals surface area contributed by atoms with Gasteiger partial charge in [-0.1, -0.05) is 94.2 Å². The molecule has 1 amide bonds. The Bertz CT molecular complexity index is 1520. The minimum atomic E-state index is -0.403. The highest BCUT2D eigenvalue weighted by atomic mass is 19.1. The predicted octanol–water partition coefficient (Wildman–Crippen LogP) is 10.4. The normalized spacial score (nSPS) is 14.5. The number of hydrogen-bond acceptors (Lipinski definition) is 2. The molecule has 3 aromatic carbocycles. The number of hydrogen-bond donors (Lipinski definition) is 2. The summed E-state index contributed by atoms with van der Waals surface area (Å²) < 4.78 is 14.5. The van der Waals surface area contributed by atoms with Gasteiger partial charge in [-0.15, -0.1) is 0 Å². The van der Waals surface area contributed by atoms with Gasteiger partial charge >= 0.3 is 0 Å². The van der Waals surface area contributed by atoms with Gasteiger partial charge in [-0.3, -0.25) is 4.79 Å². The summed E-state index contributed by atoms with van der Waals surface area (Å²) in [4.78, 5) is 11.9. The number of unbranched alkanes of at least 4 members (excludes halogenated alkanes) is 2. The highest BCUT2D eigenvalue weighted by Gasteiger charge is 2.25. The average Bonchev–Trinajstić information content (AvgIpc) is 3.00. The molecule has 43 heavy (non-hydrogen) atoms. The molecule has 226 valence electrons. The predicted molar refractivity (Wildman–Crippen MR) is 182 cm³/mol. The molecule has 4 heteroatoms. The molecule has 1 aliphatic carbocycles. The highest BCUT2D eigenvalue weighted by molar-refractivity contribution is 5.98. The molecule has 1 fully saturated rings. The van der Waals surface area contributed by atoms with E-state index in [0.717, 1.165) is 61.0 Å². The van der Waals surface area contributed by atoms with Crippen LogP contribution in [0.3, 0.4) is 0 Å². The minimum absolute atomic E-state index is 0.269. The summed E-state index contributed by atoms with van der Waals surface area (Å²) in [5.74, 6) is -0.227. The van der Waals surface area contributed by atoms with E-state index in [1.54, 1.807) is 12.1 Å². The first-order valence-corrected chi connectivity index (χ1v) is 15.8. The first kappa shape index (κ1) is 32.0. The van der Waals surface area contributed by atoms with Crippen LogP contribution in [0.5, 0.6) is 0 Å². The topological polar surface area (TPSA) is 55.1 Å². The first-order chi connectivity index (χ1) is 20.7. The molecule has 0 aliphatic heterocycles. The monoisotopic (exact) mass is 578 g/mol. The van der Waals surface area contributed by atoms with Crippen LogP contribution in [0.15, 0.2) is 67.3 Å². The second-order valence-corrected chi connectivity index (χ2v) is 12.0. The number of halogens is 1. The smallest absolute Gasteiger partial charge is 0.248 e. The lowest BCUT2D eigenvalue weighted by molar-refractivity contribution is 0.1000. The van der Waals surface area contributed by atoms with E-state index in [4.69, 9.17) is 5.73 Å². The van der Waals surface area contributed by atoms with Gasteiger partial charge in [-0.25, -0.2) is 4.39 Å². The quantitative estimate of drug-likeness (QED) is 0.128. The standard InChI is InChI=1S/C39H47FN2O/c1-6-7-13-24-42-38-34(21-18-26(2)32-16-11-12-17-36(32)40)27(3)19-22-35(38)29(5)37(30-14-9-8-10-15-30)33-23-20-31(39(41)43)25-28(33)4/h11-12,16-23,25,30,42H,2,6-10,13-15,24H2,1,3-5H3,(H2,41,43)/b21-18-,37-29+. The molecule has 4 rings (SSSR count). The van der Waals surface area contributed by atoms with E-state index in [2.05, 4.69) is 63.9 Å². The Morgan fingerprint density at radius 3 is 2.37 bits per heavy atom. The van der Waals surface area contributed by atoms with Crippen LogP contribution in [0, 0.1) is 25.6 Å². The van der Waals surface area contributed by atoms with Crippen molar-refractivity contribution >= 4 is 34.4 Å². The maximum atomic E-state index is 14.5. The lowest BCUT2D eigenvalue weighted by atomic mass is 9.76. The van der Waals surface area contributed by atoms with Crippen molar-refractivity contribution in [1.29, 1.82) is 0 Å². The van der Waals surface area contributed by atoms with Gasteiger partial charge < -0.3 is 11.1 Å². The number of nitrogens with one attached hydrogen (secondary N) is 1. The van der Waals surface area contributed by atoms with Gasteiger partial charge in [-0.2, -0.15) is 0 Å². The lowest BCUT2D eigenvalue weighted by Gasteiger charge is -2.29. The van der Waals surface area contributed by atoms with Crippen molar-refractivity contribution in [3.63, 3.8) is 0 Å². The van der Waals surface area contributed by atoms with E-state index in [-0.39, 0.29) is 5.82 Å². The fourth-order valence-corrected chi connectivity index (χ4v) is 6.41. The zero-order chi connectivity index (χ0) is 30.9. The summed E-state index contributed by atoms with van der Waals surface area (Å²) >= 11 is 0. The van der Waals surface area contributed by atoms with E-state index < -0.39 is 5.91 Å². The first-order valence-electron chi connectivity index (χ1n) is 15.8. The van der Waals surface area contributed by atoms with E-state index in [1.807, 2.05) is 24.3 Å². The molecule has 0 bridgehead atoms. The van der Waals surface area contributed by atoms with Crippen molar-refractivity contribution in [3.05, 3.63) is 112 Å². The Kier molecular flexibility index (Phi) is 11.2. The molecule has 0 saturated heterocycles. The van der Waals surface area contributed by atoms with Gasteiger partial charge in [0.2, 0.25) is 5.91 Å². The number of carbonyl (C=O) groups is 1. The fraction of sp³-hybridized carbons (Fsp3) is 0.359. The Morgan fingerprint density at radius 1 is 0.977 bits per heavy atom. The number of aryl methyl sites for hydroxylation is 2. The number of anilines is 1. The van der Waals surface area contributed by atoms with Gasteiger partial charge in [0.25, 0.3) is 0 Å². The number of primary amides is 1. The molecule has 1 aliphatic rings. The molecule has 3 aromatic rings. The van der Waals surface area contributed by atoms with Gasteiger partial charge in [0, 0.05) is 34.5 Å². The molecule has 1 saturated carbocycles. The van der Waals surface area contributed by atoms with Crippen molar-refractivity contribution in [2.75, 3.05) is 11.9 Å². The van der Waals surface area contributed by atoms with Crippen LogP contribution in [-0.4, -0.2) is 12.5 Å². The van der Waals surface area contributed by atoms with Gasteiger partial charge in [0.15, 0.2) is 0 Å². The van der Waals surface area contributed by atoms with E-state index in [0.29, 0.717) is 22.6 Å². The van der Waals surface area contributed by atoms with E-state index >= 15 is 0 Å². The van der Waals surface area contributed by atoms with Crippen LogP contribution in [0.2, 0.25) is 0 Å². The summed E-state index contributed by atoms with van der Waals surface area (Å²) in [6.45, 7) is 13.7. The maximum absolute atomic E-state index is 14.5. The summed E-state index contributed by atoms with van der Waals surface area (Å²) in [6.07, 6.45) is 13.4. The molecular weight excluding hydrogens is 531 g/mol. The molecule has 3 nitrogen and oxygen atoms in total. The Balaban J connectivity index is 1.88. The molecule has 0 atom stereocenters. The second-order valence-electron chi connectivity index (χ2n) is 12.0. The van der Waals surface area contributed by atoms with Crippen molar-refractivity contribution in [2.24, 2.45) is 11.7 Å². The lowest BCUT2D eigenvalue weighted by Crippen LogP contribution is -2.14. The number of allylic oxidation sites excluding steroid dienone is 4. The van der Waals surface area contributed by atoms with Crippen LogP contribution >= 0.6 is 0 Å². The van der Waals surface area contributed by atoms with Gasteiger partial charge in [0.1, 0.15) is 5.82 Å². The van der Waals surface area contributed by atoms with Gasteiger partial charge in [-0.05, 0) is 97.6 Å². The zero-order valence-electron chi connectivity index (χ0n) is 26.4. The van der Waals surface area contributed by atoms with Crippen molar-refractivity contribution in [2.45, 2.75) is 79.1 Å². The SMILES string of the molecule is C=C(/C=C\c1c(C)ccc(/C(C)=C(/c2ccc(C(N)=O)cc2C)C2CCCCC2)c1NCCCCC)c1ccccc1F. The fourth-order valence-electron chi connectivity index (χ4n) is 6.41. The number of carbonyl (C=O) groups excluding carboxylic acids is 1. The van der Waals surface area contributed by atoms with Crippen molar-refractivity contribution < 1.29 is 9.18 Å². The van der Waals surface area contributed by atoms with Crippen LogP contribution in [0.25, 0.3) is 22.8 Å². The van der Waals surface area contributed by atoms with Crippen LogP contribution in [0.1, 0.15) is 109 Å². The summed E-state index contributed by atoms with van der Waals surface area (Å²) in [7, 11) is 0. The molecule has 0 unspecified atom stereocenters. The molecule has 3 N–H and O–H groups in total. The summed E-state index contributed by atoms with van der Waals surface area (Å²) in [6, 6.07) is 17.1. The third-order valence-electron chi connectivity index (χ3n) is 8.84.